The number of likely N-dealkylation sites (N-methyl/N-ethyl adjacent to an activating group) is 1. The highest BCUT2D eigenvalue weighted by atomic mass is 35.5. The molecule has 9 heteroatoms. The lowest BCUT2D eigenvalue weighted by Crippen LogP contribution is -2.44. The monoisotopic (exact) mass is 437 g/mol. The van der Waals surface area contributed by atoms with Crippen LogP contribution < -0.4 is 15.5 Å². The topological polar surface area (TPSA) is 81.8 Å². The Morgan fingerprint density at radius 2 is 2.07 bits per heavy atom. The zero-order chi connectivity index (χ0) is 18.6. The third-order valence-electron chi connectivity index (χ3n) is 5.12. The molecule has 29 heavy (non-hydrogen) atoms. The smallest absolute Gasteiger partial charge is 0.229 e. The molecule has 1 fully saturated rings. The summed E-state index contributed by atoms with van der Waals surface area (Å²) in [6.07, 6.45) is 6.24. The largest absolute Gasteiger partial charge is 0.355 e. The average molecular weight is 438 g/mol. The van der Waals surface area contributed by atoms with E-state index in [4.69, 9.17) is 9.97 Å². The molecule has 1 saturated heterocycles. The van der Waals surface area contributed by atoms with Gasteiger partial charge in [0.05, 0.1) is 11.7 Å². The first-order valence-corrected chi connectivity index (χ1v) is 9.75. The predicted molar refractivity (Wildman–Crippen MR) is 124 cm³/mol. The van der Waals surface area contributed by atoms with E-state index >= 15 is 0 Å². The van der Waals surface area contributed by atoms with Gasteiger partial charge >= 0.3 is 0 Å². The molecule has 2 aromatic heterocycles. The summed E-state index contributed by atoms with van der Waals surface area (Å²) in [6.45, 7) is 4.21. The molecule has 1 atom stereocenters. The number of hydrogen-bond acceptors (Lipinski definition) is 6. The van der Waals surface area contributed by atoms with Gasteiger partial charge in [-0.2, -0.15) is 10.1 Å². The van der Waals surface area contributed by atoms with Gasteiger partial charge in [-0.25, -0.2) is 4.98 Å². The van der Waals surface area contributed by atoms with Crippen molar-refractivity contribution >= 4 is 53.2 Å². The molecule has 1 aliphatic rings. The van der Waals surface area contributed by atoms with E-state index in [-0.39, 0.29) is 24.8 Å². The van der Waals surface area contributed by atoms with Gasteiger partial charge in [-0.3, -0.25) is 5.10 Å². The number of H-pyrrole nitrogens is 1. The lowest BCUT2D eigenvalue weighted by atomic mass is 10.1. The van der Waals surface area contributed by atoms with Gasteiger partial charge in [0.1, 0.15) is 5.82 Å². The second kappa shape index (κ2) is 10.6. The fraction of sp³-hybridized carbons (Fsp3) is 0.450. The van der Waals surface area contributed by atoms with Crippen LogP contribution in [0.15, 0.2) is 30.5 Å². The highest BCUT2D eigenvalue weighted by molar-refractivity contribution is 5.85. The van der Waals surface area contributed by atoms with E-state index in [1.54, 1.807) is 0 Å². The highest BCUT2D eigenvalue weighted by Crippen LogP contribution is 2.24. The molecule has 4 rings (SSSR count). The van der Waals surface area contributed by atoms with Crippen LogP contribution in [0.4, 0.5) is 17.5 Å². The van der Waals surface area contributed by atoms with E-state index in [0.717, 1.165) is 54.0 Å². The molecule has 0 amide bonds. The van der Waals surface area contributed by atoms with Gasteiger partial charge in [0.2, 0.25) is 5.95 Å². The molecular weight excluding hydrogens is 409 g/mol. The molecule has 158 valence electrons. The van der Waals surface area contributed by atoms with Crippen molar-refractivity contribution in [2.45, 2.75) is 38.6 Å². The van der Waals surface area contributed by atoms with Crippen molar-refractivity contribution in [1.82, 2.24) is 25.5 Å². The van der Waals surface area contributed by atoms with Crippen molar-refractivity contribution in [3.63, 3.8) is 0 Å². The highest BCUT2D eigenvalue weighted by Gasteiger charge is 2.20. The first-order chi connectivity index (χ1) is 13.2. The summed E-state index contributed by atoms with van der Waals surface area (Å²) in [5, 5.41) is 15.0. The fourth-order valence-electron chi connectivity index (χ4n) is 3.65. The minimum Gasteiger partial charge on any atom is -0.355 e. The van der Waals surface area contributed by atoms with Crippen LogP contribution in [0.2, 0.25) is 0 Å². The molecule has 0 unspecified atom stereocenters. The number of halogens is 2. The number of piperidine rings is 1. The van der Waals surface area contributed by atoms with E-state index in [1.165, 1.54) is 12.8 Å². The minimum absolute atomic E-state index is 0. The van der Waals surface area contributed by atoms with Crippen LogP contribution in [0, 0.1) is 0 Å². The number of nitrogens with one attached hydrogen (secondary N) is 3. The quantitative estimate of drug-likeness (QED) is 0.538. The number of benzene rings is 1. The van der Waals surface area contributed by atoms with Crippen LogP contribution >= 0.6 is 24.8 Å². The molecule has 0 bridgehead atoms. The van der Waals surface area contributed by atoms with Gasteiger partial charge in [0.25, 0.3) is 0 Å². The van der Waals surface area contributed by atoms with Gasteiger partial charge in [-0.15, -0.1) is 24.8 Å². The van der Waals surface area contributed by atoms with Crippen LogP contribution in [-0.4, -0.2) is 46.3 Å². The molecule has 1 aliphatic heterocycles. The van der Waals surface area contributed by atoms with Crippen LogP contribution in [0.3, 0.4) is 0 Å². The van der Waals surface area contributed by atoms with Gasteiger partial charge < -0.3 is 15.5 Å². The summed E-state index contributed by atoms with van der Waals surface area (Å²) < 4.78 is 0. The maximum absolute atomic E-state index is 4.82. The van der Waals surface area contributed by atoms with Crippen LogP contribution in [0.1, 0.15) is 31.9 Å². The lowest BCUT2D eigenvalue weighted by molar-refractivity contribution is 0.447. The zero-order valence-electron chi connectivity index (χ0n) is 16.8. The predicted octanol–water partition coefficient (Wildman–Crippen LogP) is 4.08. The van der Waals surface area contributed by atoms with Gasteiger partial charge in [0, 0.05) is 42.0 Å². The number of fused-ring (bicyclic) bond motifs is 1. The summed E-state index contributed by atoms with van der Waals surface area (Å²) in [5.41, 5.74) is 3.04. The van der Waals surface area contributed by atoms with Crippen LogP contribution in [0.5, 0.6) is 0 Å². The number of anilines is 3. The Labute approximate surface area is 183 Å². The Balaban J connectivity index is 0.00000150. The Hall–Kier alpha value is -2.09. The lowest BCUT2D eigenvalue weighted by Gasteiger charge is -2.33. The Morgan fingerprint density at radius 1 is 1.21 bits per heavy atom. The molecule has 0 radical (unpaired) electrons. The van der Waals surface area contributed by atoms with Crippen molar-refractivity contribution in [3.8, 4) is 0 Å². The maximum Gasteiger partial charge on any atom is 0.229 e. The first kappa shape index (κ1) is 23.2. The number of aromatic amines is 1. The van der Waals surface area contributed by atoms with Gasteiger partial charge in [-0.1, -0.05) is 13.3 Å². The summed E-state index contributed by atoms with van der Waals surface area (Å²) in [7, 11) is 2.04. The average Bonchev–Trinajstić information content (AvgIpc) is 3.16. The third kappa shape index (κ3) is 5.50. The van der Waals surface area contributed by atoms with E-state index < -0.39 is 0 Å². The molecule has 3 heterocycles. The zero-order valence-corrected chi connectivity index (χ0v) is 18.4. The Kier molecular flexibility index (Phi) is 8.49. The minimum atomic E-state index is 0. The third-order valence-corrected chi connectivity index (χ3v) is 5.12. The number of hydrogen-bond donors (Lipinski definition) is 3. The summed E-state index contributed by atoms with van der Waals surface area (Å²) >= 11 is 0. The van der Waals surface area contributed by atoms with Crippen molar-refractivity contribution in [1.29, 1.82) is 0 Å². The normalized spacial score (nSPS) is 16.2. The molecular formula is C20H29Cl2N7. The van der Waals surface area contributed by atoms with Crippen molar-refractivity contribution < 1.29 is 0 Å². The summed E-state index contributed by atoms with van der Waals surface area (Å²) in [4.78, 5) is 11.9. The fourth-order valence-corrected chi connectivity index (χ4v) is 3.65. The standard InChI is InChI=1S/C20H27N7.2ClH/c1-3-5-15-11-19(27-9-4-6-17(13-27)21-2)25-20(23-15)24-16-8-7-14-12-22-26-18(14)10-16;;/h7-8,10-12,17,21H,3-6,9,13H2,1-2H3,(H,22,26)(H,23,24,25);2*1H/t17-;;/m1../s1. The van der Waals surface area contributed by atoms with Crippen molar-refractivity contribution in [2.75, 3.05) is 30.4 Å². The number of rotatable bonds is 6. The SMILES string of the molecule is CCCc1cc(N2CCC[C@@H](NC)C2)nc(Nc2ccc3cn[nH]c3c2)n1.Cl.Cl. The Morgan fingerprint density at radius 3 is 2.86 bits per heavy atom. The first-order valence-electron chi connectivity index (χ1n) is 9.75. The molecule has 0 saturated carbocycles. The van der Waals surface area contributed by atoms with Crippen LogP contribution in [0.25, 0.3) is 10.9 Å². The van der Waals surface area contributed by atoms with E-state index in [1.807, 2.05) is 31.4 Å². The van der Waals surface area contributed by atoms with Gasteiger partial charge in [0.15, 0.2) is 0 Å². The van der Waals surface area contributed by atoms with Crippen LogP contribution in [-0.2, 0) is 6.42 Å². The molecule has 7 nitrogen and oxygen atoms in total. The van der Waals surface area contributed by atoms with Crippen molar-refractivity contribution in [3.05, 3.63) is 36.2 Å². The second-order valence-corrected chi connectivity index (χ2v) is 7.16. The molecule has 3 aromatic rings. The summed E-state index contributed by atoms with van der Waals surface area (Å²) in [6, 6.07) is 8.77. The molecule has 1 aromatic carbocycles. The number of aryl methyl sites for hydroxylation is 1. The Bertz CT molecular complexity index is 915. The maximum atomic E-state index is 4.82. The second-order valence-electron chi connectivity index (χ2n) is 7.16. The molecule has 3 N–H and O–H groups in total. The summed E-state index contributed by atoms with van der Waals surface area (Å²) in [5.74, 6) is 1.67. The van der Waals surface area contributed by atoms with Gasteiger partial charge in [-0.05, 0) is 44.5 Å². The van der Waals surface area contributed by atoms with E-state index in [9.17, 15) is 0 Å². The number of nitrogens with zero attached hydrogens (tertiary/aromatic N) is 4. The molecule has 0 aliphatic carbocycles. The number of aromatic nitrogens is 4. The van der Waals surface area contributed by atoms with E-state index in [2.05, 4.69) is 38.7 Å². The molecule has 0 spiro atoms. The van der Waals surface area contributed by atoms with Crippen molar-refractivity contribution in [2.24, 2.45) is 0 Å². The van der Waals surface area contributed by atoms with E-state index in [0.29, 0.717) is 12.0 Å².